The van der Waals surface area contributed by atoms with Gasteiger partial charge in [0.15, 0.2) is 5.75 Å². The molecule has 3 N–H and O–H groups in total. The summed E-state index contributed by atoms with van der Waals surface area (Å²) in [5, 5.41) is 4.68. The minimum atomic E-state index is -5.10. The van der Waals surface area contributed by atoms with E-state index >= 15 is 0 Å². The van der Waals surface area contributed by atoms with Crippen LogP contribution in [0.5, 0.6) is 5.75 Å². The van der Waals surface area contributed by atoms with Crippen molar-refractivity contribution in [3.63, 3.8) is 0 Å². The summed E-state index contributed by atoms with van der Waals surface area (Å²) in [5.41, 5.74) is -0.909. The van der Waals surface area contributed by atoms with Gasteiger partial charge in [0.1, 0.15) is 8.60 Å². The van der Waals surface area contributed by atoms with Crippen molar-refractivity contribution in [2.45, 2.75) is 11.3 Å². The summed E-state index contributed by atoms with van der Waals surface area (Å²) in [4.78, 5) is 11.9. The molecule has 1 aromatic heterocycles. The average Bonchev–Trinajstić information content (AvgIpc) is 2.05. The Morgan fingerprint density at radius 2 is 1.94 bits per heavy atom. The SMILES string of the molecule is NS(=O)(=O)c1cc(=O)[nH]c(I)c1OC(F)(F)F. The molecule has 0 atom stereocenters. The van der Waals surface area contributed by atoms with Crippen LogP contribution >= 0.6 is 22.6 Å². The number of pyridine rings is 1. The molecule has 0 aliphatic heterocycles. The lowest BCUT2D eigenvalue weighted by atomic mass is 10.4. The van der Waals surface area contributed by atoms with Crippen molar-refractivity contribution in [1.82, 2.24) is 4.98 Å². The summed E-state index contributed by atoms with van der Waals surface area (Å²) < 4.78 is 61.2. The van der Waals surface area contributed by atoms with Gasteiger partial charge in [0.25, 0.3) is 0 Å². The molecular weight excluding hydrogens is 380 g/mol. The van der Waals surface area contributed by atoms with Crippen molar-refractivity contribution in [3.05, 3.63) is 20.1 Å². The molecule has 96 valence electrons. The number of sulfonamides is 1. The van der Waals surface area contributed by atoms with E-state index in [2.05, 4.69) is 9.88 Å². The van der Waals surface area contributed by atoms with Gasteiger partial charge in [0, 0.05) is 6.07 Å². The molecule has 0 aliphatic carbocycles. The summed E-state index contributed by atoms with van der Waals surface area (Å²) in [5.74, 6) is -1.06. The first kappa shape index (κ1) is 14.2. The van der Waals surface area contributed by atoms with Gasteiger partial charge in [-0.15, -0.1) is 13.2 Å². The molecule has 0 unspecified atom stereocenters. The largest absolute Gasteiger partial charge is 0.573 e. The van der Waals surface area contributed by atoms with Crippen LogP contribution in [0.1, 0.15) is 0 Å². The molecule has 6 nitrogen and oxygen atoms in total. The number of H-pyrrole nitrogens is 1. The molecule has 0 saturated carbocycles. The van der Waals surface area contributed by atoms with Crippen molar-refractivity contribution >= 4 is 32.6 Å². The van der Waals surface area contributed by atoms with E-state index in [0.717, 1.165) is 0 Å². The third kappa shape index (κ3) is 3.85. The molecular formula is C6H4F3IN2O4S. The van der Waals surface area contributed by atoms with Crippen LogP contribution < -0.4 is 15.4 Å². The van der Waals surface area contributed by atoms with Crippen LogP contribution in [0.3, 0.4) is 0 Å². The van der Waals surface area contributed by atoms with Crippen molar-refractivity contribution in [1.29, 1.82) is 0 Å². The normalized spacial score (nSPS) is 12.5. The highest BCUT2D eigenvalue weighted by molar-refractivity contribution is 14.1. The molecule has 11 heteroatoms. The van der Waals surface area contributed by atoms with Crippen LogP contribution in [0.25, 0.3) is 0 Å². The molecule has 0 saturated heterocycles. The lowest BCUT2D eigenvalue weighted by Crippen LogP contribution is -2.24. The Morgan fingerprint density at radius 3 is 2.35 bits per heavy atom. The molecule has 0 spiro atoms. The lowest BCUT2D eigenvalue weighted by Gasteiger charge is -2.12. The molecule has 0 bridgehead atoms. The predicted octanol–water partition coefficient (Wildman–Crippen LogP) is 0.526. The highest BCUT2D eigenvalue weighted by Gasteiger charge is 2.35. The zero-order valence-electron chi connectivity index (χ0n) is 7.71. The first-order valence-corrected chi connectivity index (χ1v) is 6.34. The van der Waals surface area contributed by atoms with Crippen molar-refractivity contribution in [2.24, 2.45) is 5.14 Å². The number of primary sulfonamides is 1. The number of rotatable bonds is 2. The molecule has 0 amide bonds. The highest BCUT2D eigenvalue weighted by atomic mass is 127. The second-order valence-corrected chi connectivity index (χ2v) is 5.34. The van der Waals surface area contributed by atoms with Crippen LogP contribution in [0, 0.1) is 3.70 Å². The smallest absolute Gasteiger partial charge is 0.402 e. The quantitative estimate of drug-likeness (QED) is 0.574. The van der Waals surface area contributed by atoms with E-state index < -0.39 is 36.3 Å². The van der Waals surface area contributed by atoms with Crippen molar-refractivity contribution in [3.8, 4) is 5.75 Å². The van der Waals surface area contributed by atoms with Gasteiger partial charge in [-0.1, -0.05) is 0 Å². The standard InChI is InChI=1S/C6H4F3IN2O4S/c7-6(8,9)16-4-2(17(11,14)15)1-3(13)12-5(4)10/h1H,(H,12,13)(H2,11,14,15). The molecule has 0 radical (unpaired) electrons. The van der Waals surface area contributed by atoms with Gasteiger partial charge in [-0.05, 0) is 22.6 Å². The van der Waals surface area contributed by atoms with Crippen LogP contribution in [0.15, 0.2) is 15.8 Å². The monoisotopic (exact) mass is 384 g/mol. The molecule has 0 aromatic carbocycles. The molecule has 1 heterocycles. The Balaban J connectivity index is 3.53. The van der Waals surface area contributed by atoms with Crippen LogP contribution in [0.4, 0.5) is 13.2 Å². The van der Waals surface area contributed by atoms with Gasteiger partial charge in [0.2, 0.25) is 15.6 Å². The summed E-state index contributed by atoms with van der Waals surface area (Å²) in [7, 11) is -4.50. The van der Waals surface area contributed by atoms with Crippen molar-refractivity contribution in [2.75, 3.05) is 0 Å². The first-order valence-electron chi connectivity index (χ1n) is 3.72. The van der Waals surface area contributed by atoms with Gasteiger partial charge in [-0.3, -0.25) is 4.79 Å². The number of ether oxygens (including phenoxy) is 1. The number of nitrogens with two attached hydrogens (primary N) is 1. The van der Waals surface area contributed by atoms with Gasteiger partial charge in [-0.2, -0.15) is 0 Å². The molecule has 0 aliphatic rings. The third-order valence-corrected chi connectivity index (χ3v) is 3.12. The van der Waals surface area contributed by atoms with Crippen LogP contribution in [0.2, 0.25) is 0 Å². The number of aromatic amines is 1. The molecule has 0 fully saturated rings. The van der Waals surface area contributed by atoms with Gasteiger partial charge < -0.3 is 9.72 Å². The second kappa shape index (κ2) is 4.45. The fourth-order valence-electron chi connectivity index (χ4n) is 0.916. The minimum absolute atomic E-state index is 0.415. The van der Waals surface area contributed by atoms with E-state index in [-0.39, 0.29) is 0 Å². The number of alkyl halides is 3. The van der Waals surface area contributed by atoms with Crippen LogP contribution in [-0.2, 0) is 10.0 Å². The Labute approximate surface area is 106 Å². The topological polar surface area (TPSA) is 102 Å². The van der Waals surface area contributed by atoms with Crippen LogP contribution in [-0.4, -0.2) is 19.8 Å². The van der Waals surface area contributed by atoms with Gasteiger partial charge in [-0.25, -0.2) is 13.6 Å². The zero-order valence-corrected chi connectivity index (χ0v) is 10.7. The Morgan fingerprint density at radius 1 is 1.41 bits per heavy atom. The van der Waals surface area contributed by atoms with E-state index in [1.807, 2.05) is 4.98 Å². The molecule has 17 heavy (non-hydrogen) atoms. The van der Waals surface area contributed by atoms with Crippen molar-refractivity contribution < 1.29 is 26.3 Å². The van der Waals surface area contributed by atoms with E-state index in [1.54, 1.807) is 0 Å². The summed E-state index contributed by atoms with van der Waals surface area (Å²) in [6.45, 7) is 0. The summed E-state index contributed by atoms with van der Waals surface area (Å²) >= 11 is 1.29. The second-order valence-electron chi connectivity index (χ2n) is 2.73. The van der Waals surface area contributed by atoms with Gasteiger partial charge >= 0.3 is 6.36 Å². The maximum atomic E-state index is 12.0. The predicted molar refractivity (Wildman–Crippen MR) is 57.8 cm³/mol. The highest BCUT2D eigenvalue weighted by Crippen LogP contribution is 2.31. The number of halogens is 4. The Hall–Kier alpha value is -0.820. The number of hydrogen-bond acceptors (Lipinski definition) is 4. The van der Waals surface area contributed by atoms with E-state index in [1.165, 1.54) is 22.6 Å². The molecule has 1 aromatic rings. The maximum absolute atomic E-state index is 12.0. The Kier molecular flexibility index (Phi) is 3.73. The number of aromatic nitrogens is 1. The lowest BCUT2D eigenvalue weighted by molar-refractivity contribution is -0.276. The summed E-state index contributed by atoms with van der Waals surface area (Å²) in [6.07, 6.45) is -5.10. The number of nitrogens with one attached hydrogen (secondary N) is 1. The maximum Gasteiger partial charge on any atom is 0.573 e. The zero-order chi connectivity index (χ0) is 13.4. The number of hydrogen-bond donors (Lipinski definition) is 2. The average molecular weight is 384 g/mol. The third-order valence-electron chi connectivity index (χ3n) is 1.44. The molecule has 1 rings (SSSR count). The fraction of sp³-hybridized carbons (Fsp3) is 0.167. The Bertz CT molecular complexity index is 594. The van der Waals surface area contributed by atoms with E-state index in [4.69, 9.17) is 0 Å². The first-order chi connectivity index (χ1) is 7.50. The van der Waals surface area contributed by atoms with E-state index in [0.29, 0.717) is 6.07 Å². The fourth-order valence-corrected chi connectivity index (χ4v) is 2.44. The van der Waals surface area contributed by atoms with Gasteiger partial charge in [0.05, 0.1) is 0 Å². The minimum Gasteiger partial charge on any atom is -0.402 e. The van der Waals surface area contributed by atoms with E-state index in [9.17, 15) is 26.4 Å². The summed E-state index contributed by atoms with van der Waals surface area (Å²) in [6, 6.07) is 0.415.